The summed E-state index contributed by atoms with van der Waals surface area (Å²) in [6, 6.07) is 2.09. The Kier molecular flexibility index (Phi) is 4.94. The Bertz CT molecular complexity index is 526. The van der Waals surface area contributed by atoms with Gasteiger partial charge < -0.3 is 15.7 Å². The monoisotopic (exact) mass is 299 g/mol. The van der Waals surface area contributed by atoms with Gasteiger partial charge in [-0.15, -0.1) is 0 Å². The molecular weight excluding hydrogens is 282 g/mol. The SMILES string of the molecule is CC(Nc1nc(Cl)ccc1C(=O)O)C(=O)NC(C)(C)C. The van der Waals surface area contributed by atoms with Gasteiger partial charge >= 0.3 is 5.97 Å². The number of hydrogen-bond acceptors (Lipinski definition) is 4. The molecule has 3 N–H and O–H groups in total. The summed E-state index contributed by atoms with van der Waals surface area (Å²) in [7, 11) is 0. The van der Waals surface area contributed by atoms with Gasteiger partial charge in [0, 0.05) is 5.54 Å². The third-order valence-electron chi connectivity index (χ3n) is 2.34. The van der Waals surface area contributed by atoms with Crippen LogP contribution in [0.5, 0.6) is 0 Å². The summed E-state index contributed by atoms with van der Waals surface area (Å²) in [6.07, 6.45) is 0. The second-order valence-electron chi connectivity index (χ2n) is 5.44. The van der Waals surface area contributed by atoms with Gasteiger partial charge in [-0.1, -0.05) is 11.6 Å². The Labute approximate surface area is 122 Å². The van der Waals surface area contributed by atoms with Gasteiger partial charge in [0.15, 0.2) is 0 Å². The highest BCUT2D eigenvalue weighted by Gasteiger charge is 2.21. The summed E-state index contributed by atoms with van der Waals surface area (Å²) in [5.41, 5.74) is -0.408. The normalized spacial score (nSPS) is 12.7. The number of rotatable bonds is 4. The first-order valence-electron chi connectivity index (χ1n) is 6.08. The molecule has 0 saturated carbocycles. The third kappa shape index (κ3) is 4.70. The van der Waals surface area contributed by atoms with Crippen LogP contribution in [0.3, 0.4) is 0 Å². The van der Waals surface area contributed by atoms with E-state index in [-0.39, 0.29) is 28.0 Å². The van der Waals surface area contributed by atoms with E-state index < -0.39 is 12.0 Å². The molecule has 0 radical (unpaired) electrons. The summed E-state index contributed by atoms with van der Waals surface area (Å²) in [4.78, 5) is 26.9. The molecule has 6 nitrogen and oxygen atoms in total. The Morgan fingerprint density at radius 3 is 2.45 bits per heavy atom. The lowest BCUT2D eigenvalue weighted by molar-refractivity contribution is -0.122. The number of nitrogens with one attached hydrogen (secondary N) is 2. The Morgan fingerprint density at radius 2 is 1.95 bits per heavy atom. The molecular formula is C13H18ClN3O3. The molecule has 0 spiro atoms. The number of hydrogen-bond donors (Lipinski definition) is 3. The Balaban J connectivity index is 2.90. The van der Waals surface area contributed by atoms with Crippen molar-refractivity contribution in [1.82, 2.24) is 10.3 Å². The maximum atomic E-state index is 11.9. The smallest absolute Gasteiger partial charge is 0.339 e. The number of nitrogens with zero attached hydrogens (tertiary/aromatic N) is 1. The zero-order chi connectivity index (χ0) is 15.5. The highest BCUT2D eigenvalue weighted by molar-refractivity contribution is 6.29. The van der Waals surface area contributed by atoms with Crippen LogP contribution < -0.4 is 10.6 Å². The molecule has 1 rings (SSSR count). The summed E-state index contributed by atoms with van der Waals surface area (Å²) in [6.45, 7) is 7.20. The molecule has 7 heteroatoms. The first-order chi connectivity index (χ1) is 9.10. The van der Waals surface area contributed by atoms with E-state index in [0.29, 0.717) is 0 Å². The maximum Gasteiger partial charge on any atom is 0.339 e. The van der Waals surface area contributed by atoms with E-state index in [1.165, 1.54) is 12.1 Å². The topological polar surface area (TPSA) is 91.3 Å². The van der Waals surface area contributed by atoms with E-state index in [0.717, 1.165) is 0 Å². The summed E-state index contributed by atoms with van der Waals surface area (Å²) in [5.74, 6) is -1.32. The molecule has 1 heterocycles. The van der Waals surface area contributed by atoms with Gasteiger partial charge in [0.2, 0.25) is 5.91 Å². The lowest BCUT2D eigenvalue weighted by atomic mass is 10.1. The molecule has 0 aromatic carbocycles. The summed E-state index contributed by atoms with van der Waals surface area (Å²) in [5, 5.41) is 14.8. The molecule has 1 atom stereocenters. The molecule has 1 unspecified atom stereocenters. The third-order valence-corrected chi connectivity index (χ3v) is 2.55. The van der Waals surface area contributed by atoms with E-state index in [1.807, 2.05) is 20.8 Å². The number of aromatic nitrogens is 1. The highest BCUT2D eigenvalue weighted by Crippen LogP contribution is 2.17. The van der Waals surface area contributed by atoms with Crippen LogP contribution in [0.4, 0.5) is 5.82 Å². The second-order valence-corrected chi connectivity index (χ2v) is 5.83. The minimum atomic E-state index is -1.14. The van der Waals surface area contributed by atoms with Crippen LogP contribution in [0.2, 0.25) is 5.15 Å². The second kappa shape index (κ2) is 6.09. The number of carboxylic acids is 1. The number of carbonyl (C=O) groups excluding carboxylic acids is 1. The van der Waals surface area contributed by atoms with Gasteiger partial charge in [0.05, 0.1) is 0 Å². The van der Waals surface area contributed by atoms with Crippen LogP contribution in [0.25, 0.3) is 0 Å². The fourth-order valence-corrected chi connectivity index (χ4v) is 1.61. The molecule has 20 heavy (non-hydrogen) atoms. The number of aromatic carboxylic acids is 1. The van der Waals surface area contributed by atoms with Crippen LogP contribution in [-0.2, 0) is 4.79 Å². The summed E-state index contributed by atoms with van der Waals surface area (Å²) >= 11 is 5.75. The molecule has 0 saturated heterocycles. The van der Waals surface area contributed by atoms with Crippen molar-refractivity contribution in [2.24, 2.45) is 0 Å². The fourth-order valence-electron chi connectivity index (χ4n) is 1.47. The standard InChI is InChI=1S/C13H18ClN3O3/c1-7(11(18)17-13(2,3)4)15-10-8(12(19)20)5-6-9(14)16-10/h5-7H,1-4H3,(H,15,16)(H,17,18)(H,19,20). The van der Waals surface area contributed by atoms with E-state index in [9.17, 15) is 9.59 Å². The Morgan fingerprint density at radius 1 is 1.35 bits per heavy atom. The molecule has 0 aliphatic rings. The van der Waals surface area contributed by atoms with E-state index in [1.54, 1.807) is 6.92 Å². The van der Waals surface area contributed by atoms with Gasteiger partial charge in [-0.05, 0) is 39.8 Å². The predicted molar refractivity (Wildman–Crippen MR) is 77.2 cm³/mol. The maximum absolute atomic E-state index is 11.9. The molecule has 1 aromatic heterocycles. The zero-order valence-electron chi connectivity index (χ0n) is 11.8. The van der Waals surface area contributed by atoms with Crippen molar-refractivity contribution in [2.45, 2.75) is 39.3 Å². The quantitative estimate of drug-likeness (QED) is 0.741. The molecule has 0 bridgehead atoms. The fraction of sp³-hybridized carbons (Fsp3) is 0.462. The minimum absolute atomic E-state index is 0.0372. The van der Waals surface area contributed by atoms with Crippen molar-refractivity contribution in [3.8, 4) is 0 Å². The minimum Gasteiger partial charge on any atom is -0.478 e. The van der Waals surface area contributed by atoms with Gasteiger partial charge in [0.25, 0.3) is 0 Å². The van der Waals surface area contributed by atoms with Gasteiger partial charge in [-0.25, -0.2) is 9.78 Å². The van der Waals surface area contributed by atoms with Crippen molar-refractivity contribution in [1.29, 1.82) is 0 Å². The largest absolute Gasteiger partial charge is 0.478 e. The first-order valence-corrected chi connectivity index (χ1v) is 6.46. The van der Waals surface area contributed by atoms with Crippen molar-refractivity contribution in [3.63, 3.8) is 0 Å². The lowest BCUT2D eigenvalue weighted by Gasteiger charge is -2.24. The van der Waals surface area contributed by atoms with Crippen molar-refractivity contribution in [3.05, 3.63) is 22.8 Å². The molecule has 0 fully saturated rings. The number of pyridine rings is 1. The lowest BCUT2D eigenvalue weighted by Crippen LogP contribution is -2.47. The van der Waals surface area contributed by atoms with Crippen LogP contribution in [-0.4, -0.2) is 33.5 Å². The van der Waals surface area contributed by atoms with Gasteiger partial charge in [0.1, 0.15) is 22.6 Å². The van der Waals surface area contributed by atoms with E-state index >= 15 is 0 Å². The number of amides is 1. The van der Waals surface area contributed by atoms with Crippen LogP contribution in [0.1, 0.15) is 38.1 Å². The first kappa shape index (κ1) is 16.2. The predicted octanol–water partition coefficient (Wildman–Crippen LogP) is 2.15. The molecule has 0 aliphatic carbocycles. The van der Waals surface area contributed by atoms with Crippen molar-refractivity contribution < 1.29 is 14.7 Å². The molecule has 0 aliphatic heterocycles. The van der Waals surface area contributed by atoms with E-state index in [4.69, 9.17) is 16.7 Å². The van der Waals surface area contributed by atoms with Gasteiger partial charge in [-0.3, -0.25) is 4.79 Å². The van der Waals surface area contributed by atoms with Crippen molar-refractivity contribution >= 4 is 29.3 Å². The van der Waals surface area contributed by atoms with Gasteiger partial charge in [-0.2, -0.15) is 0 Å². The number of carboxylic acid groups (broad SMARTS) is 1. The average molecular weight is 300 g/mol. The number of anilines is 1. The van der Waals surface area contributed by atoms with Crippen LogP contribution >= 0.6 is 11.6 Å². The molecule has 1 amide bonds. The van der Waals surface area contributed by atoms with E-state index in [2.05, 4.69) is 15.6 Å². The van der Waals surface area contributed by atoms with Crippen LogP contribution in [0, 0.1) is 0 Å². The molecule has 1 aromatic rings. The molecule has 110 valence electrons. The zero-order valence-corrected chi connectivity index (χ0v) is 12.6. The average Bonchev–Trinajstić information content (AvgIpc) is 2.26. The number of carbonyl (C=O) groups is 2. The van der Waals surface area contributed by atoms with Crippen LogP contribution in [0.15, 0.2) is 12.1 Å². The summed E-state index contributed by atoms with van der Waals surface area (Å²) < 4.78 is 0. The Hall–Kier alpha value is -1.82. The highest BCUT2D eigenvalue weighted by atomic mass is 35.5. The van der Waals surface area contributed by atoms with Crippen molar-refractivity contribution in [2.75, 3.05) is 5.32 Å². The number of halogens is 1.